The van der Waals surface area contributed by atoms with Gasteiger partial charge in [-0.25, -0.2) is 9.97 Å². The Morgan fingerprint density at radius 2 is 2.14 bits per heavy atom. The van der Waals surface area contributed by atoms with E-state index in [4.69, 9.17) is 5.73 Å². The van der Waals surface area contributed by atoms with Crippen molar-refractivity contribution >= 4 is 11.6 Å². The van der Waals surface area contributed by atoms with Gasteiger partial charge in [0, 0.05) is 11.6 Å². The van der Waals surface area contributed by atoms with E-state index < -0.39 is 0 Å². The van der Waals surface area contributed by atoms with Crippen LogP contribution in [0.2, 0.25) is 0 Å². The molecule has 0 bridgehead atoms. The Bertz CT molecular complexity index is 296. The number of nitrogens with zero attached hydrogens (tertiary/aromatic N) is 2. The topological polar surface area (TPSA) is 63.8 Å². The molecule has 0 spiro atoms. The van der Waals surface area contributed by atoms with Crippen LogP contribution >= 0.6 is 0 Å². The van der Waals surface area contributed by atoms with Crippen molar-refractivity contribution in [2.45, 2.75) is 39.2 Å². The lowest BCUT2D eigenvalue weighted by molar-refractivity contribution is 0.509. The van der Waals surface area contributed by atoms with E-state index >= 15 is 0 Å². The van der Waals surface area contributed by atoms with Crippen LogP contribution in [0, 0.1) is 0 Å². The normalized spacial score (nSPS) is 11.4. The van der Waals surface area contributed by atoms with Gasteiger partial charge >= 0.3 is 0 Å². The number of hydrogen-bond donors (Lipinski definition) is 2. The number of aromatic nitrogens is 2. The van der Waals surface area contributed by atoms with Crippen LogP contribution in [0.5, 0.6) is 0 Å². The third-order valence-electron chi connectivity index (χ3n) is 2.03. The molecule has 1 aromatic heterocycles. The number of hydrogen-bond acceptors (Lipinski definition) is 4. The van der Waals surface area contributed by atoms with E-state index in [2.05, 4.69) is 36.1 Å². The molecule has 0 atom stereocenters. The Morgan fingerprint density at radius 1 is 1.43 bits per heavy atom. The van der Waals surface area contributed by atoms with Crippen molar-refractivity contribution in [3.63, 3.8) is 0 Å². The van der Waals surface area contributed by atoms with Gasteiger partial charge in [-0.2, -0.15) is 0 Å². The zero-order valence-electron chi connectivity index (χ0n) is 9.04. The van der Waals surface area contributed by atoms with Crippen molar-refractivity contribution < 1.29 is 0 Å². The molecule has 0 saturated carbocycles. The summed E-state index contributed by atoms with van der Waals surface area (Å²) in [4.78, 5) is 7.95. The summed E-state index contributed by atoms with van der Waals surface area (Å²) in [5, 5.41) is 3.33. The molecule has 0 saturated heterocycles. The van der Waals surface area contributed by atoms with E-state index in [1.807, 2.05) is 0 Å². The highest BCUT2D eigenvalue weighted by atomic mass is 15.1. The summed E-state index contributed by atoms with van der Waals surface area (Å²) in [6, 6.07) is 1.75. The van der Waals surface area contributed by atoms with Gasteiger partial charge in [-0.15, -0.1) is 0 Å². The van der Waals surface area contributed by atoms with Crippen LogP contribution in [-0.2, 0) is 0 Å². The van der Waals surface area contributed by atoms with Crippen molar-refractivity contribution in [2.75, 3.05) is 11.1 Å². The molecule has 0 aliphatic heterocycles. The maximum atomic E-state index is 5.56. The van der Waals surface area contributed by atoms with Gasteiger partial charge in [-0.1, -0.05) is 13.3 Å². The molecule has 3 N–H and O–H groups in total. The second kappa shape index (κ2) is 4.26. The second-order valence-corrected chi connectivity index (χ2v) is 4.09. The van der Waals surface area contributed by atoms with E-state index in [0.717, 1.165) is 18.7 Å². The van der Waals surface area contributed by atoms with Gasteiger partial charge in [0.2, 0.25) is 0 Å². The lowest BCUT2D eigenvalue weighted by atomic mass is 9.99. The standard InChI is InChI=1S/C10H18N4/c1-4-5-10(2,3)14-9-6-8(11)12-7-13-9/h6-7H,4-5H2,1-3H3,(H3,11,12,13,14). The summed E-state index contributed by atoms with van der Waals surface area (Å²) < 4.78 is 0. The number of nitrogens with one attached hydrogen (secondary N) is 1. The molecule has 78 valence electrons. The highest BCUT2D eigenvalue weighted by molar-refractivity contribution is 5.44. The predicted molar refractivity (Wildman–Crippen MR) is 59.1 cm³/mol. The molecule has 14 heavy (non-hydrogen) atoms. The first-order chi connectivity index (χ1) is 6.53. The monoisotopic (exact) mass is 194 g/mol. The van der Waals surface area contributed by atoms with Crippen molar-refractivity contribution in [1.29, 1.82) is 0 Å². The average molecular weight is 194 g/mol. The van der Waals surface area contributed by atoms with Crippen molar-refractivity contribution in [1.82, 2.24) is 9.97 Å². The van der Waals surface area contributed by atoms with E-state index in [0.29, 0.717) is 5.82 Å². The predicted octanol–water partition coefficient (Wildman–Crippen LogP) is 2.05. The third-order valence-corrected chi connectivity index (χ3v) is 2.03. The zero-order chi connectivity index (χ0) is 10.6. The maximum absolute atomic E-state index is 5.56. The van der Waals surface area contributed by atoms with E-state index in [1.54, 1.807) is 6.07 Å². The minimum Gasteiger partial charge on any atom is -0.384 e. The molecule has 0 fully saturated rings. The first kappa shape index (κ1) is 10.8. The van der Waals surface area contributed by atoms with Crippen LogP contribution in [0.1, 0.15) is 33.6 Å². The summed E-state index contributed by atoms with van der Waals surface area (Å²) >= 11 is 0. The van der Waals surface area contributed by atoms with Crippen LogP contribution in [0.25, 0.3) is 0 Å². The van der Waals surface area contributed by atoms with Crippen molar-refractivity contribution in [3.05, 3.63) is 12.4 Å². The molecular formula is C10H18N4. The fourth-order valence-corrected chi connectivity index (χ4v) is 1.47. The summed E-state index contributed by atoms with van der Waals surface area (Å²) in [5.41, 5.74) is 5.61. The molecule has 4 nitrogen and oxygen atoms in total. The summed E-state index contributed by atoms with van der Waals surface area (Å²) in [5.74, 6) is 1.28. The SMILES string of the molecule is CCCC(C)(C)Nc1cc(N)ncn1. The quantitative estimate of drug-likeness (QED) is 0.770. The summed E-state index contributed by atoms with van der Waals surface area (Å²) in [7, 11) is 0. The Hall–Kier alpha value is -1.32. The summed E-state index contributed by atoms with van der Waals surface area (Å²) in [6.07, 6.45) is 3.71. The number of nitrogen functional groups attached to an aromatic ring is 1. The molecule has 0 unspecified atom stereocenters. The fraction of sp³-hybridized carbons (Fsp3) is 0.600. The van der Waals surface area contributed by atoms with E-state index in [1.165, 1.54) is 6.33 Å². The highest BCUT2D eigenvalue weighted by Crippen LogP contribution is 2.18. The van der Waals surface area contributed by atoms with Gasteiger partial charge in [-0.05, 0) is 20.3 Å². The van der Waals surface area contributed by atoms with Crippen LogP contribution in [-0.4, -0.2) is 15.5 Å². The molecule has 4 heteroatoms. The maximum Gasteiger partial charge on any atom is 0.131 e. The molecule has 1 aromatic rings. The van der Waals surface area contributed by atoms with Crippen LogP contribution in [0.15, 0.2) is 12.4 Å². The number of rotatable bonds is 4. The van der Waals surface area contributed by atoms with Gasteiger partial charge in [0.1, 0.15) is 18.0 Å². The number of anilines is 2. The van der Waals surface area contributed by atoms with Crippen molar-refractivity contribution in [2.24, 2.45) is 0 Å². The first-order valence-electron chi connectivity index (χ1n) is 4.89. The van der Waals surface area contributed by atoms with Gasteiger partial charge in [-0.3, -0.25) is 0 Å². The van der Waals surface area contributed by atoms with E-state index in [9.17, 15) is 0 Å². The van der Waals surface area contributed by atoms with Gasteiger partial charge in [0.25, 0.3) is 0 Å². The van der Waals surface area contributed by atoms with E-state index in [-0.39, 0.29) is 5.54 Å². The molecule has 1 rings (SSSR count). The van der Waals surface area contributed by atoms with Crippen LogP contribution in [0.3, 0.4) is 0 Å². The smallest absolute Gasteiger partial charge is 0.131 e. The Kier molecular flexibility index (Phi) is 3.28. The minimum absolute atomic E-state index is 0.0511. The van der Waals surface area contributed by atoms with Gasteiger partial charge in [0.15, 0.2) is 0 Å². The van der Waals surface area contributed by atoms with Crippen molar-refractivity contribution in [3.8, 4) is 0 Å². The number of nitrogens with two attached hydrogens (primary N) is 1. The zero-order valence-corrected chi connectivity index (χ0v) is 9.04. The van der Waals surface area contributed by atoms with Crippen LogP contribution in [0.4, 0.5) is 11.6 Å². The molecule has 0 radical (unpaired) electrons. The largest absolute Gasteiger partial charge is 0.384 e. The molecule has 0 aliphatic rings. The molecule has 0 aromatic carbocycles. The highest BCUT2D eigenvalue weighted by Gasteiger charge is 2.16. The third kappa shape index (κ3) is 3.20. The Morgan fingerprint density at radius 3 is 2.71 bits per heavy atom. The minimum atomic E-state index is 0.0511. The van der Waals surface area contributed by atoms with Gasteiger partial charge in [0.05, 0.1) is 0 Å². The lowest BCUT2D eigenvalue weighted by Crippen LogP contribution is -2.30. The lowest BCUT2D eigenvalue weighted by Gasteiger charge is -2.26. The second-order valence-electron chi connectivity index (χ2n) is 4.09. The first-order valence-corrected chi connectivity index (χ1v) is 4.89. The molecule has 1 heterocycles. The molecule has 0 aliphatic carbocycles. The van der Waals surface area contributed by atoms with Gasteiger partial charge < -0.3 is 11.1 Å². The fourth-order valence-electron chi connectivity index (χ4n) is 1.47. The average Bonchev–Trinajstić information content (AvgIpc) is 2.02. The Balaban J connectivity index is 2.68. The summed E-state index contributed by atoms with van der Waals surface area (Å²) in [6.45, 7) is 6.46. The van der Waals surface area contributed by atoms with Crippen LogP contribution < -0.4 is 11.1 Å². The molecular weight excluding hydrogens is 176 g/mol. The Labute approximate surface area is 85.0 Å². The molecule has 0 amide bonds.